The molecule has 0 aliphatic heterocycles. The summed E-state index contributed by atoms with van der Waals surface area (Å²) in [4.78, 5) is 14.8. The third-order valence-electron chi connectivity index (χ3n) is 2.10. The van der Waals surface area contributed by atoms with Crippen molar-refractivity contribution in [3.63, 3.8) is 0 Å². The van der Waals surface area contributed by atoms with Crippen molar-refractivity contribution in [3.05, 3.63) is 40.2 Å². The number of carboxylic acid groups (broad SMARTS) is 1. The number of rotatable bonds is 3. The van der Waals surface area contributed by atoms with E-state index >= 15 is 0 Å². The minimum absolute atomic E-state index is 0.0686. The molecule has 2 aromatic rings. The fourth-order valence-corrected chi connectivity index (χ4v) is 2.01. The molecule has 2 rings (SSSR count). The van der Waals surface area contributed by atoms with Crippen molar-refractivity contribution in [2.45, 2.75) is 6.54 Å². The summed E-state index contributed by atoms with van der Waals surface area (Å²) < 4.78 is 2.72. The second kappa shape index (κ2) is 4.65. The molecule has 0 aliphatic carbocycles. The van der Waals surface area contributed by atoms with Crippen LogP contribution in [-0.4, -0.2) is 20.6 Å². The van der Waals surface area contributed by atoms with E-state index < -0.39 is 5.97 Å². The summed E-state index contributed by atoms with van der Waals surface area (Å²) in [7, 11) is 0. The number of aromatic nitrogens is 2. The molecule has 0 aliphatic rings. The van der Waals surface area contributed by atoms with Gasteiger partial charge in [0, 0.05) is 21.5 Å². The minimum Gasteiger partial charge on any atom is -0.480 e. The number of carboxylic acids is 1. The molecule has 4 nitrogen and oxygen atoms in total. The predicted octanol–water partition coefficient (Wildman–Crippen LogP) is 2.24. The largest absolute Gasteiger partial charge is 0.480 e. The quantitative estimate of drug-likeness (QED) is 0.879. The van der Waals surface area contributed by atoms with Gasteiger partial charge in [-0.05, 0) is 34.7 Å². The van der Waals surface area contributed by atoms with Gasteiger partial charge in [-0.25, -0.2) is 4.98 Å². The maximum absolute atomic E-state index is 10.7. The Bertz CT molecular complexity index is 522. The van der Waals surface area contributed by atoms with Gasteiger partial charge in [-0.2, -0.15) is 0 Å². The van der Waals surface area contributed by atoms with Crippen LogP contribution in [0.5, 0.6) is 0 Å². The number of benzene rings is 1. The predicted molar refractivity (Wildman–Crippen MR) is 68.0 cm³/mol. The van der Waals surface area contributed by atoms with E-state index in [9.17, 15) is 4.79 Å². The van der Waals surface area contributed by atoms with Crippen molar-refractivity contribution < 1.29 is 9.90 Å². The minimum atomic E-state index is -0.870. The Hall–Kier alpha value is -1.37. The summed E-state index contributed by atoms with van der Waals surface area (Å²) >= 11 is 2.21. The first-order valence-corrected chi connectivity index (χ1v) is 5.73. The first-order valence-electron chi connectivity index (χ1n) is 4.65. The summed E-state index contributed by atoms with van der Waals surface area (Å²) in [6.45, 7) is -0.0686. The van der Waals surface area contributed by atoms with Gasteiger partial charge in [0.25, 0.3) is 0 Å². The first-order chi connectivity index (χ1) is 7.66. The molecule has 1 aromatic heterocycles. The molecule has 0 saturated heterocycles. The maximum atomic E-state index is 10.7. The second-order valence-electron chi connectivity index (χ2n) is 3.28. The van der Waals surface area contributed by atoms with Crippen LogP contribution in [0, 0.1) is 3.57 Å². The van der Waals surface area contributed by atoms with Gasteiger partial charge < -0.3 is 9.67 Å². The van der Waals surface area contributed by atoms with Gasteiger partial charge in [0.1, 0.15) is 12.4 Å². The topological polar surface area (TPSA) is 55.1 Å². The van der Waals surface area contributed by atoms with Gasteiger partial charge in [-0.15, -0.1) is 0 Å². The van der Waals surface area contributed by atoms with Gasteiger partial charge in [0.2, 0.25) is 0 Å². The van der Waals surface area contributed by atoms with E-state index in [2.05, 4.69) is 27.6 Å². The molecule has 0 radical (unpaired) electrons. The molecular weight excluding hydrogens is 319 g/mol. The van der Waals surface area contributed by atoms with Gasteiger partial charge in [-0.1, -0.05) is 12.1 Å². The van der Waals surface area contributed by atoms with E-state index in [1.54, 1.807) is 17.0 Å². The van der Waals surface area contributed by atoms with Crippen molar-refractivity contribution in [2.75, 3.05) is 0 Å². The Labute approximate surface area is 106 Å². The highest BCUT2D eigenvalue weighted by atomic mass is 127. The van der Waals surface area contributed by atoms with Crippen LogP contribution in [0.25, 0.3) is 11.4 Å². The summed E-state index contributed by atoms with van der Waals surface area (Å²) in [6.07, 6.45) is 3.28. The molecular formula is C11H9IN2O2. The smallest absolute Gasteiger partial charge is 0.323 e. The number of nitrogens with zero attached hydrogens (tertiary/aromatic N) is 2. The van der Waals surface area contributed by atoms with E-state index in [1.165, 1.54) is 0 Å². The number of halogens is 1. The molecule has 5 heteroatoms. The molecule has 0 atom stereocenters. The lowest BCUT2D eigenvalue weighted by atomic mass is 10.2. The van der Waals surface area contributed by atoms with Gasteiger partial charge in [-0.3, -0.25) is 4.79 Å². The number of hydrogen-bond donors (Lipinski definition) is 1. The lowest BCUT2D eigenvalue weighted by molar-refractivity contribution is -0.137. The van der Waals surface area contributed by atoms with Crippen LogP contribution < -0.4 is 0 Å². The molecule has 0 unspecified atom stereocenters. The monoisotopic (exact) mass is 328 g/mol. The highest BCUT2D eigenvalue weighted by molar-refractivity contribution is 14.1. The van der Waals surface area contributed by atoms with Crippen molar-refractivity contribution in [3.8, 4) is 11.4 Å². The average Bonchev–Trinajstić information content (AvgIpc) is 2.65. The molecule has 0 amide bonds. The van der Waals surface area contributed by atoms with Crippen LogP contribution in [0.1, 0.15) is 0 Å². The molecule has 1 aromatic carbocycles. The Morgan fingerprint density at radius 2 is 2.31 bits per heavy atom. The SMILES string of the molecule is O=C(O)Cn1ccnc1-c1cccc(I)c1. The molecule has 1 heterocycles. The van der Waals surface area contributed by atoms with E-state index in [1.807, 2.05) is 24.3 Å². The van der Waals surface area contributed by atoms with Crippen LogP contribution >= 0.6 is 22.6 Å². The van der Waals surface area contributed by atoms with Crippen LogP contribution in [0.4, 0.5) is 0 Å². The standard InChI is InChI=1S/C11H9IN2O2/c12-9-3-1-2-8(6-9)11-13-4-5-14(11)7-10(15)16/h1-6H,7H2,(H,15,16). The second-order valence-corrected chi connectivity index (χ2v) is 4.53. The summed E-state index contributed by atoms with van der Waals surface area (Å²) in [5.41, 5.74) is 0.929. The fourth-order valence-electron chi connectivity index (χ4n) is 1.47. The molecule has 82 valence electrons. The van der Waals surface area contributed by atoms with Crippen molar-refractivity contribution >= 4 is 28.6 Å². The van der Waals surface area contributed by atoms with Crippen LogP contribution in [0.15, 0.2) is 36.7 Å². The van der Waals surface area contributed by atoms with Crippen molar-refractivity contribution in [2.24, 2.45) is 0 Å². The molecule has 0 spiro atoms. The lowest BCUT2D eigenvalue weighted by Crippen LogP contribution is -2.09. The average molecular weight is 328 g/mol. The Kier molecular flexibility index (Phi) is 3.23. The first kappa shape index (κ1) is 11.1. The normalized spacial score (nSPS) is 10.3. The molecule has 16 heavy (non-hydrogen) atoms. The Balaban J connectivity index is 2.40. The van der Waals surface area contributed by atoms with Gasteiger partial charge in [0.05, 0.1) is 0 Å². The number of imidazole rings is 1. The zero-order chi connectivity index (χ0) is 11.5. The zero-order valence-corrected chi connectivity index (χ0v) is 10.5. The lowest BCUT2D eigenvalue weighted by Gasteiger charge is -2.05. The Morgan fingerprint density at radius 3 is 3.00 bits per heavy atom. The Morgan fingerprint density at radius 1 is 1.50 bits per heavy atom. The molecule has 0 bridgehead atoms. The van der Waals surface area contributed by atoms with E-state index in [4.69, 9.17) is 5.11 Å². The highest BCUT2D eigenvalue weighted by Gasteiger charge is 2.08. The third-order valence-corrected chi connectivity index (χ3v) is 2.77. The highest BCUT2D eigenvalue weighted by Crippen LogP contribution is 2.19. The maximum Gasteiger partial charge on any atom is 0.323 e. The zero-order valence-electron chi connectivity index (χ0n) is 8.30. The summed E-state index contributed by atoms with van der Waals surface area (Å²) in [5, 5.41) is 8.76. The van der Waals surface area contributed by atoms with Crippen molar-refractivity contribution in [1.82, 2.24) is 9.55 Å². The van der Waals surface area contributed by atoms with Crippen LogP contribution in [-0.2, 0) is 11.3 Å². The third kappa shape index (κ3) is 2.41. The molecule has 0 fully saturated rings. The van der Waals surface area contributed by atoms with Crippen LogP contribution in [0.2, 0.25) is 0 Å². The van der Waals surface area contributed by atoms with E-state index in [-0.39, 0.29) is 6.54 Å². The molecule has 1 N–H and O–H groups in total. The van der Waals surface area contributed by atoms with Gasteiger partial charge >= 0.3 is 5.97 Å². The van der Waals surface area contributed by atoms with E-state index in [0.29, 0.717) is 5.82 Å². The van der Waals surface area contributed by atoms with Crippen LogP contribution in [0.3, 0.4) is 0 Å². The van der Waals surface area contributed by atoms with Gasteiger partial charge in [0.15, 0.2) is 0 Å². The summed E-state index contributed by atoms with van der Waals surface area (Å²) in [6, 6.07) is 7.80. The van der Waals surface area contributed by atoms with E-state index in [0.717, 1.165) is 9.13 Å². The number of hydrogen-bond acceptors (Lipinski definition) is 2. The number of carbonyl (C=O) groups is 1. The van der Waals surface area contributed by atoms with Crippen molar-refractivity contribution in [1.29, 1.82) is 0 Å². The summed E-state index contributed by atoms with van der Waals surface area (Å²) in [5.74, 6) is -0.189. The molecule has 0 saturated carbocycles. The number of aliphatic carboxylic acids is 1. The fraction of sp³-hybridized carbons (Fsp3) is 0.0909.